The van der Waals surface area contributed by atoms with E-state index < -0.39 is 11.8 Å². The Balaban J connectivity index is 3.08. The number of halogens is 1. The fraction of sp³-hybridized carbons (Fsp3) is 0. The number of amides is 2. The second-order valence-corrected chi connectivity index (χ2v) is 3.27. The number of nitrogens with two attached hydrogens (primary N) is 2. The maximum absolute atomic E-state index is 10.8. The number of hydrogen-bond acceptors (Lipinski definition) is 2. The van der Waals surface area contributed by atoms with E-state index in [0.717, 1.165) is 0 Å². The van der Waals surface area contributed by atoms with Crippen LogP contribution in [0.15, 0.2) is 29.8 Å². The smallest absolute Gasteiger partial charge is 0.254 e. The van der Waals surface area contributed by atoms with E-state index in [0.29, 0.717) is 10.6 Å². The van der Waals surface area contributed by atoms with E-state index in [1.807, 2.05) is 0 Å². The van der Waals surface area contributed by atoms with E-state index in [-0.39, 0.29) is 5.57 Å². The first-order valence-electron chi connectivity index (χ1n) is 4.07. The van der Waals surface area contributed by atoms with Gasteiger partial charge in [0.15, 0.2) is 0 Å². The highest BCUT2D eigenvalue weighted by molar-refractivity contribution is 6.30. The Morgan fingerprint density at radius 2 is 1.53 bits per heavy atom. The monoisotopic (exact) mass is 224 g/mol. The number of hydrogen-bond donors (Lipinski definition) is 2. The van der Waals surface area contributed by atoms with E-state index in [9.17, 15) is 9.59 Å². The molecule has 4 N–H and O–H groups in total. The van der Waals surface area contributed by atoms with Gasteiger partial charge < -0.3 is 11.5 Å². The van der Waals surface area contributed by atoms with Gasteiger partial charge in [-0.2, -0.15) is 0 Å². The minimum Gasteiger partial charge on any atom is -0.365 e. The third-order valence-electron chi connectivity index (χ3n) is 1.71. The summed E-state index contributed by atoms with van der Waals surface area (Å²) in [6, 6.07) is 6.56. The Kier molecular flexibility index (Phi) is 3.46. The summed E-state index contributed by atoms with van der Waals surface area (Å²) in [5.41, 5.74) is 10.4. The number of rotatable bonds is 3. The molecule has 0 fully saturated rings. The maximum Gasteiger partial charge on any atom is 0.254 e. The molecule has 0 aromatic heterocycles. The van der Waals surface area contributed by atoms with Gasteiger partial charge in [0.25, 0.3) is 11.8 Å². The largest absolute Gasteiger partial charge is 0.365 e. The normalized spacial score (nSPS) is 9.40. The standard InChI is InChI=1S/C10H9ClN2O2/c11-7-3-1-6(2-4-7)5-8(9(12)14)10(13)15/h1-5H,(H2,12,14)(H2,13,15). The number of benzene rings is 1. The summed E-state index contributed by atoms with van der Waals surface area (Å²) in [5.74, 6) is -1.70. The Bertz CT molecular complexity index is 408. The average molecular weight is 225 g/mol. The van der Waals surface area contributed by atoms with Crippen molar-refractivity contribution < 1.29 is 9.59 Å². The van der Waals surface area contributed by atoms with Crippen LogP contribution in [0.3, 0.4) is 0 Å². The summed E-state index contributed by atoms with van der Waals surface area (Å²) >= 11 is 5.67. The zero-order valence-corrected chi connectivity index (χ0v) is 8.49. The number of primary amides is 2. The molecule has 5 heteroatoms. The predicted octanol–water partition coefficient (Wildman–Crippen LogP) is 0.694. The van der Waals surface area contributed by atoms with Crippen molar-refractivity contribution in [2.24, 2.45) is 11.5 Å². The Morgan fingerprint density at radius 3 is 1.93 bits per heavy atom. The molecule has 0 aliphatic carbocycles. The number of carbonyl (C=O) groups is 2. The Labute approximate surface area is 91.5 Å². The lowest BCUT2D eigenvalue weighted by Gasteiger charge is -1.98. The molecule has 1 aromatic carbocycles. The molecule has 0 aliphatic rings. The average Bonchev–Trinajstić information content (AvgIpc) is 2.15. The molecule has 0 unspecified atom stereocenters. The van der Waals surface area contributed by atoms with Gasteiger partial charge in [-0.25, -0.2) is 0 Å². The van der Waals surface area contributed by atoms with E-state index in [2.05, 4.69) is 0 Å². The molecule has 0 heterocycles. The van der Waals surface area contributed by atoms with Crippen LogP contribution >= 0.6 is 11.6 Å². The zero-order valence-electron chi connectivity index (χ0n) is 7.74. The lowest BCUT2D eigenvalue weighted by Crippen LogP contribution is -2.25. The highest BCUT2D eigenvalue weighted by Gasteiger charge is 2.10. The van der Waals surface area contributed by atoms with E-state index in [4.69, 9.17) is 23.1 Å². The number of carbonyl (C=O) groups excluding carboxylic acids is 2. The van der Waals surface area contributed by atoms with Crippen LogP contribution in [-0.4, -0.2) is 11.8 Å². The maximum atomic E-state index is 10.8. The molecule has 1 rings (SSSR count). The van der Waals surface area contributed by atoms with Crippen molar-refractivity contribution in [2.45, 2.75) is 0 Å². The molecule has 15 heavy (non-hydrogen) atoms. The highest BCUT2D eigenvalue weighted by Crippen LogP contribution is 2.12. The van der Waals surface area contributed by atoms with Crippen LogP contribution in [0.1, 0.15) is 5.56 Å². The van der Waals surface area contributed by atoms with Crippen molar-refractivity contribution >= 4 is 29.5 Å². The van der Waals surface area contributed by atoms with Crippen molar-refractivity contribution in [3.8, 4) is 0 Å². The van der Waals surface area contributed by atoms with Gasteiger partial charge >= 0.3 is 0 Å². The molecule has 4 nitrogen and oxygen atoms in total. The molecule has 1 aromatic rings. The van der Waals surface area contributed by atoms with E-state index >= 15 is 0 Å². The van der Waals surface area contributed by atoms with Crippen LogP contribution in [0.4, 0.5) is 0 Å². The quantitative estimate of drug-likeness (QED) is 0.450. The van der Waals surface area contributed by atoms with Crippen molar-refractivity contribution in [3.05, 3.63) is 40.4 Å². The van der Waals surface area contributed by atoms with Crippen LogP contribution in [0.2, 0.25) is 5.02 Å². The minimum atomic E-state index is -0.850. The van der Waals surface area contributed by atoms with Gasteiger partial charge in [-0.05, 0) is 23.8 Å². The molecular formula is C10H9ClN2O2. The van der Waals surface area contributed by atoms with Crippen molar-refractivity contribution in [1.29, 1.82) is 0 Å². The van der Waals surface area contributed by atoms with Crippen molar-refractivity contribution in [1.82, 2.24) is 0 Å². The minimum absolute atomic E-state index is 0.239. The van der Waals surface area contributed by atoms with Gasteiger partial charge in [-0.3, -0.25) is 9.59 Å². The molecule has 0 saturated carbocycles. The van der Waals surface area contributed by atoms with Gasteiger partial charge in [0.1, 0.15) is 5.57 Å². The first-order chi connectivity index (χ1) is 7.00. The molecule has 2 amide bonds. The van der Waals surface area contributed by atoms with Gasteiger partial charge in [0, 0.05) is 5.02 Å². The predicted molar refractivity (Wildman–Crippen MR) is 57.8 cm³/mol. The molecule has 0 spiro atoms. The molecule has 0 aliphatic heterocycles. The summed E-state index contributed by atoms with van der Waals surface area (Å²) < 4.78 is 0. The second kappa shape index (κ2) is 4.61. The van der Waals surface area contributed by atoms with Crippen LogP contribution in [-0.2, 0) is 9.59 Å². The summed E-state index contributed by atoms with van der Waals surface area (Å²) in [7, 11) is 0. The third-order valence-corrected chi connectivity index (χ3v) is 1.96. The SMILES string of the molecule is NC(=O)C(=Cc1ccc(Cl)cc1)C(N)=O. The van der Waals surface area contributed by atoms with Crippen molar-refractivity contribution in [3.63, 3.8) is 0 Å². The van der Waals surface area contributed by atoms with Gasteiger partial charge in [-0.15, -0.1) is 0 Å². The summed E-state index contributed by atoms with van der Waals surface area (Å²) in [6.07, 6.45) is 1.32. The molecule has 0 saturated heterocycles. The lowest BCUT2D eigenvalue weighted by atomic mass is 10.1. The van der Waals surface area contributed by atoms with Crippen molar-refractivity contribution in [2.75, 3.05) is 0 Å². The van der Waals surface area contributed by atoms with Crippen LogP contribution < -0.4 is 11.5 Å². The lowest BCUT2D eigenvalue weighted by molar-refractivity contribution is -0.120. The summed E-state index contributed by atoms with van der Waals surface area (Å²) in [4.78, 5) is 21.7. The van der Waals surface area contributed by atoms with E-state index in [1.54, 1.807) is 24.3 Å². The fourth-order valence-corrected chi connectivity index (χ4v) is 1.12. The third kappa shape index (κ3) is 3.11. The van der Waals surface area contributed by atoms with Gasteiger partial charge in [-0.1, -0.05) is 23.7 Å². The second-order valence-electron chi connectivity index (χ2n) is 2.84. The molecule has 0 atom stereocenters. The highest BCUT2D eigenvalue weighted by atomic mass is 35.5. The van der Waals surface area contributed by atoms with Gasteiger partial charge in [0.05, 0.1) is 0 Å². The Morgan fingerprint density at radius 1 is 1.07 bits per heavy atom. The van der Waals surface area contributed by atoms with Crippen LogP contribution in [0.5, 0.6) is 0 Å². The topological polar surface area (TPSA) is 86.2 Å². The zero-order chi connectivity index (χ0) is 11.4. The first-order valence-corrected chi connectivity index (χ1v) is 4.45. The molecule has 0 bridgehead atoms. The summed E-state index contributed by atoms with van der Waals surface area (Å²) in [6.45, 7) is 0. The van der Waals surface area contributed by atoms with Crippen LogP contribution in [0.25, 0.3) is 6.08 Å². The fourth-order valence-electron chi connectivity index (χ4n) is 0.989. The van der Waals surface area contributed by atoms with E-state index in [1.165, 1.54) is 6.08 Å². The first kappa shape index (κ1) is 11.3. The van der Waals surface area contributed by atoms with Crippen LogP contribution in [0, 0.1) is 0 Å². The summed E-state index contributed by atoms with van der Waals surface area (Å²) in [5, 5.41) is 0.562. The van der Waals surface area contributed by atoms with Gasteiger partial charge in [0.2, 0.25) is 0 Å². The molecule has 0 radical (unpaired) electrons. The molecular weight excluding hydrogens is 216 g/mol. The molecule has 78 valence electrons. The Hall–Kier alpha value is -1.81.